The van der Waals surface area contributed by atoms with Gasteiger partial charge in [0.15, 0.2) is 0 Å². The summed E-state index contributed by atoms with van der Waals surface area (Å²) in [7, 11) is 0. The molecule has 2 aromatic rings. The van der Waals surface area contributed by atoms with Gasteiger partial charge in [-0.05, 0) is 46.3 Å². The van der Waals surface area contributed by atoms with E-state index in [-0.39, 0.29) is 18.0 Å². The summed E-state index contributed by atoms with van der Waals surface area (Å²) in [5, 5.41) is 2.68. The molecule has 3 N–H and O–H groups in total. The molecule has 98 valence electrons. The number of amides is 1. The molecule has 0 radical (unpaired) electrons. The predicted octanol–water partition coefficient (Wildman–Crippen LogP) is 1.83. The minimum atomic E-state index is -0.286. The summed E-state index contributed by atoms with van der Waals surface area (Å²) >= 11 is 3.13. The summed E-state index contributed by atoms with van der Waals surface area (Å²) in [6, 6.07) is 10.2. The molecule has 0 bridgehead atoms. The summed E-state index contributed by atoms with van der Waals surface area (Å²) in [4.78, 5) is 23.6. The van der Waals surface area contributed by atoms with Crippen LogP contribution in [0, 0.1) is 0 Å². The van der Waals surface area contributed by atoms with Gasteiger partial charge < -0.3 is 15.6 Å². The van der Waals surface area contributed by atoms with Crippen LogP contribution in [-0.2, 0) is 11.3 Å². The maximum absolute atomic E-state index is 11.8. The molecule has 0 aliphatic rings. The Balaban J connectivity index is 2.10. The Morgan fingerprint density at radius 3 is 2.84 bits per heavy atom. The fraction of sp³-hybridized carbons (Fsp3) is 0.0769. The van der Waals surface area contributed by atoms with E-state index in [0.29, 0.717) is 15.8 Å². The predicted molar refractivity (Wildman–Crippen MR) is 77.9 cm³/mol. The van der Waals surface area contributed by atoms with Crippen LogP contribution in [0.15, 0.2) is 51.9 Å². The highest BCUT2D eigenvalue weighted by Crippen LogP contribution is 2.11. The third-order valence-electron chi connectivity index (χ3n) is 2.46. The summed E-state index contributed by atoms with van der Waals surface area (Å²) in [5.74, 6) is -0.286. The molecule has 6 heteroatoms. The molecule has 0 atom stereocenters. The highest BCUT2D eigenvalue weighted by Gasteiger charge is 2.06. The van der Waals surface area contributed by atoms with Gasteiger partial charge in [-0.25, -0.2) is 0 Å². The van der Waals surface area contributed by atoms with Crippen LogP contribution >= 0.6 is 15.9 Å². The lowest BCUT2D eigenvalue weighted by Gasteiger charge is -2.08. The van der Waals surface area contributed by atoms with Gasteiger partial charge in [0.2, 0.25) is 5.91 Å². The molecule has 0 fully saturated rings. The van der Waals surface area contributed by atoms with Crippen molar-refractivity contribution in [1.82, 2.24) is 4.57 Å². The maximum atomic E-state index is 11.8. The van der Waals surface area contributed by atoms with Crippen LogP contribution < -0.4 is 16.6 Å². The van der Waals surface area contributed by atoms with Crippen LogP contribution in [0.25, 0.3) is 0 Å². The second-order valence-corrected chi connectivity index (χ2v) is 4.82. The van der Waals surface area contributed by atoms with Crippen molar-refractivity contribution in [2.45, 2.75) is 6.54 Å². The van der Waals surface area contributed by atoms with E-state index in [1.807, 2.05) is 0 Å². The van der Waals surface area contributed by atoms with Crippen molar-refractivity contribution in [1.29, 1.82) is 0 Å². The van der Waals surface area contributed by atoms with Crippen LogP contribution in [0.1, 0.15) is 0 Å². The average molecular weight is 322 g/mol. The molecule has 0 saturated carbocycles. The number of carbonyl (C=O) groups is 1. The summed E-state index contributed by atoms with van der Waals surface area (Å²) in [6.07, 6.45) is 1.56. The molecule has 0 unspecified atom stereocenters. The number of rotatable bonds is 3. The van der Waals surface area contributed by atoms with Crippen molar-refractivity contribution >= 4 is 33.2 Å². The minimum absolute atomic E-state index is 0.0485. The summed E-state index contributed by atoms with van der Waals surface area (Å²) < 4.78 is 1.75. The molecule has 1 heterocycles. The lowest BCUT2D eigenvalue weighted by molar-refractivity contribution is -0.116. The number of halogens is 1. The van der Waals surface area contributed by atoms with E-state index in [1.165, 1.54) is 4.57 Å². The lowest BCUT2D eigenvalue weighted by atomic mass is 10.3. The number of pyridine rings is 1. The van der Waals surface area contributed by atoms with Crippen LogP contribution in [0.2, 0.25) is 0 Å². The van der Waals surface area contributed by atoms with Crippen molar-refractivity contribution in [2.75, 3.05) is 11.1 Å². The van der Waals surface area contributed by atoms with Crippen molar-refractivity contribution in [3.63, 3.8) is 0 Å². The van der Waals surface area contributed by atoms with Crippen molar-refractivity contribution < 1.29 is 4.79 Å². The number of nitrogens with zero attached hydrogens (tertiary/aromatic N) is 1. The number of nitrogens with one attached hydrogen (secondary N) is 1. The van der Waals surface area contributed by atoms with Gasteiger partial charge in [-0.2, -0.15) is 0 Å². The molecular weight excluding hydrogens is 310 g/mol. The van der Waals surface area contributed by atoms with E-state index in [9.17, 15) is 9.59 Å². The first kappa shape index (κ1) is 13.4. The number of hydrogen-bond donors (Lipinski definition) is 2. The Morgan fingerprint density at radius 2 is 2.11 bits per heavy atom. The smallest absolute Gasteiger partial charge is 0.265 e. The third-order valence-corrected chi connectivity index (χ3v) is 3.06. The van der Waals surface area contributed by atoms with E-state index in [1.54, 1.807) is 42.6 Å². The highest BCUT2D eigenvalue weighted by atomic mass is 79.9. The largest absolute Gasteiger partial charge is 0.399 e. The molecule has 0 spiro atoms. The minimum Gasteiger partial charge on any atom is -0.399 e. The fourth-order valence-corrected chi connectivity index (χ4v) is 1.98. The number of nitrogen functional groups attached to an aromatic ring is 1. The third kappa shape index (κ3) is 3.45. The second kappa shape index (κ2) is 5.71. The van der Waals surface area contributed by atoms with Gasteiger partial charge in [0.05, 0.1) is 4.47 Å². The first-order chi connectivity index (χ1) is 9.06. The quantitative estimate of drug-likeness (QED) is 0.847. The molecule has 0 saturated heterocycles. The Labute approximate surface area is 118 Å². The van der Waals surface area contributed by atoms with E-state index >= 15 is 0 Å². The van der Waals surface area contributed by atoms with Crippen molar-refractivity contribution in [3.05, 3.63) is 57.4 Å². The van der Waals surface area contributed by atoms with E-state index in [2.05, 4.69) is 21.2 Å². The molecule has 1 aromatic carbocycles. The number of benzene rings is 1. The number of aromatic nitrogens is 1. The standard InChI is InChI=1S/C13H12BrN3O2/c14-11-5-2-6-17(13(11)19)8-12(18)16-10-4-1-3-9(15)7-10/h1-7H,8,15H2,(H,16,18). The highest BCUT2D eigenvalue weighted by molar-refractivity contribution is 9.10. The lowest BCUT2D eigenvalue weighted by Crippen LogP contribution is -2.27. The van der Waals surface area contributed by atoms with E-state index < -0.39 is 0 Å². The van der Waals surface area contributed by atoms with Crippen molar-refractivity contribution in [2.24, 2.45) is 0 Å². The van der Waals surface area contributed by atoms with E-state index in [4.69, 9.17) is 5.73 Å². The number of nitrogens with two attached hydrogens (primary N) is 1. The second-order valence-electron chi connectivity index (χ2n) is 3.96. The molecular formula is C13H12BrN3O2. The fourth-order valence-electron chi connectivity index (χ4n) is 1.60. The molecule has 1 aromatic heterocycles. The Kier molecular flexibility index (Phi) is 4.01. The van der Waals surface area contributed by atoms with Crippen LogP contribution in [0.5, 0.6) is 0 Å². The van der Waals surface area contributed by atoms with Gasteiger partial charge in [0.25, 0.3) is 5.56 Å². The van der Waals surface area contributed by atoms with E-state index in [0.717, 1.165) is 0 Å². The maximum Gasteiger partial charge on any atom is 0.265 e. The SMILES string of the molecule is Nc1cccc(NC(=O)Cn2cccc(Br)c2=O)c1. The topological polar surface area (TPSA) is 77.1 Å². The van der Waals surface area contributed by atoms with Gasteiger partial charge >= 0.3 is 0 Å². The zero-order chi connectivity index (χ0) is 13.8. The zero-order valence-electron chi connectivity index (χ0n) is 9.97. The first-order valence-electron chi connectivity index (χ1n) is 5.56. The number of hydrogen-bond acceptors (Lipinski definition) is 3. The molecule has 5 nitrogen and oxygen atoms in total. The molecule has 19 heavy (non-hydrogen) atoms. The molecule has 0 aliphatic heterocycles. The van der Waals surface area contributed by atoms with Crippen LogP contribution in [0.4, 0.5) is 11.4 Å². The molecule has 2 rings (SSSR count). The summed E-state index contributed by atoms with van der Waals surface area (Å²) in [5.41, 5.74) is 6.54. The first-order valence-corrected chi connectivity index (χ1v) is 6.36. The summed E-state index contributed by atoms with van der Waals surface area (Å²) in [6.45, 7) is -0.0485. The van der Waals surface area contributed by atoms with Gasteiger partial charge in [-0.15, -0.1) is 0 Å². The Bertz CT molecular complexity index is 667. The Hall–Kier alpha value is -2.08. The van der Waals surface area contributed by atoms with Crippen LogP contribution in [-0.4, -0.2) is 10.5 Å². The number of anilines is 2. The normalized spacial score (nSPS) is 10.2. The molecule has 1 amide bonds. The zero-order valence-corrected chi connectivity index (χ0v) is 11.6. The Morgan fingerprint density at radius 1 is 1.32 bits per heavy atom. The molecule has 0 aliphatic carbocycles. The van der Waals surface area contributed by atoms with Gasteiger partial charge in [0, 0.05) is 17.6 Å². The monoisotopic (exact) mass is 321 g/mol. The van der Waals surface area contributed by atoms with Crippen LogP contribution in [0.3, 0.4) is 0 Å². The average Bonchev–Trinajstić information content (AvgIpc) is 2.35. The van der Waals surface area contributed by atoms with Gasteiger partial charge in [-0.3, -0.25) is 9.59 Å². The number of carbonyl (C=O) groups excluding carboxylic acids is 1. The van der Waals surface area contributed by atoms with Gasteiger partial charge in [-0.1, -0.05) is 6.07 Å². The van der Waals surface area contributed by atoms with Gasteiger partial charge in [0.1, 0.15) is 6.54 Å². The van der Waals surface area contributed by atoms with Crippen molar-refractivity contribution in [3.8, 4) is 0 Å².